The second-order valence-electron chi connectivity index (χ2n) is 10.9. The zero-order valence-corrected chi connectivity index (χ0v) is 22.9. The molecule has 3 aromatic carbocycles. The normalized spacial score (nSPS) is 16.3. The molecule has 0 unspecified atom stereocenters. The van der Waals surface area contributed by atoms with E-state index in [1.165, 1.54) is 12.1 Å². The molecule has 0 spiro atoms. The van der Waals surface area contributed by atoms with Gasteiger partial charge in [0.25, 0.3) is 0 Å². The number of halogens is 3. The van der Waals surface area contributed by atoms with E-state index in [-0.39, 0.29) is 17.9 Å². The van der Waals surface area contributed by atoms with Crippen molar-refractivity contribution in [3.8, 4) is 17.2 Å². The van der Waals surface area contributed by atoms with E-state index >= 15 is 0 Å². The molecular formula is C32H33F3N4O2. The van der Waals surface area contributed by atoms with Crippen LogP contribution in [0.5, 0.6) is 0 Å². The van der Waals surface area contributed by atoms with Crippen LogP contribution in [-0.4, -0.2) is 30.1 Å². The van der Waals surface area contributed by atoms with E-state index in [1.54, 1.807) is 26.0 Å². The molecular weight excluding hydrogens is 529 g/mol. The van der Waals surface area contributed by atoms with Crippen molar-refractivity contribution in [3.05, 3.63) is 95.6 Å². The van der Waals surface area contributed by atoms with Crippen molar-refractivity contribution < 1.29 is 22.8 Å². The molecule has 3 aromatic rings. The number of carbonyl (C=O) groups excluding carboxylic acids is 2. The van der Waals surface area contributed by atoms with E-state index in [2.05, 4.69) is 10.6 Å². The van der Waals surface area contributed by atoms with E-state index in [9.17, 15) is 28.0 Å². The molecule has 1 aliphatic carbocycles. The summed E-state index contributed by atoms with van der Waals surface area (Å²) in [5, 5.41) is 14.7. The maximum Gasteiger partial charge on any atom is 0.407 e. The van der Waals surface area contributed by atoms with Crippen LogP contribution in [-0.2, 0) is 21.4 Å². The minimum absolute atomic E-state index is 0.0388. The van der Waals surface area contributed by atoms with E-state index < -0.39 is 41.5 Å². The van der Waals surface area contributed by atoms with Gasteiger partial charge in [0.15, 0.2) is 0 Å². The highest BCUT2D eigenvalue weighted by Crippen LogP contribution is 2.48. The van der Waals surface area contributed by atoms with Gasteiger partial charge in [-0.05, 0) is 46.6 Å². The molecule has 6 nitrogen and oxygen atoms in total. The molecule has 0 radical (unpaired) electrons. The summed E-state index contributed by atoms with van der Waals surface area (Å²) in [7, 11) is 0. The SMILES string of the molecule is CC(C)[C@H](N[C@@H](c1ccc(-c2ccc(C3(C(N)=O)CC3)cc2)cc1)C(F)(F)F)C(=O)N[C@H](C#N)Cc1ccccc1. The lowest BCUT2D eigenvalue weighted by Crippen LogP contribution is -2.53. The largest absolute Gasteiger partial charge is 0.407 e. The van der Waals surface area contributed by atoms with Crippen LogP contribution in [0.2, 0.25) is 0 Å². The fourth-order valence-electron chi connectivity index (χ4n) is 5.02. The third kappa shape index (κ3) is 6.95. The molecule has 4 N–H and O–H groups in total. The molecule has 4 rings (SSSR count). The Balaban J connectivity index is 1.49. The Bertz CT molecular complexity index is 1390. The van der Waals surface area contributed by atoms with E-state index in [0.29, 0.717) is 18.4 Å². The Hall–Kier alpha value is -4.16. The quantitative estimate of drug-likeness (QED) is 0.293. The van der Waals surface area contributed by atoms with Crippen LogP contribution < -0.4 is 16.4 Å². The summed E-state index contributed by atoms with van der Waals surface area (Å²) in [5.41, 5.74) is 8.07. The highest BCUT2D eigenvalue weighted by atomic mass is 19.4. The number of benzene rings is 3. The average Bonchev–Trinajstić information content (AvgIpc) is 3.75. The maximum absolute atomic E-state index is 14.3. The van der Waals surface area contributed by atoms with Gasteiger partial charge in [-0.2, -0.15) is 18.4 Å². The zero-order chi connectivity index (χ0) is 29.8. The van der Waals surface area contributed by atoms with Gasteiger partial charge in [-0.15, -0.1) is 0 Å². The molecule has 0 saturated heterocycles. The van der Waals surface area contributed by atoms with Gasteiger partial charge in [0, 0.05) is 6.42 Å². The van der Waals surface area contributed by atoms with Gasteiger partial charge in [-0.25, -0.2) is 0 Å². The molecule has 1 aliphatic rings. The number of nitrogens with zero attached hydrogens (tertiary/aromatic N) is 1. The summed E-state index contributed by atoms with van der Waals surface area (Å²) in [4.78, 5) is 24.9. The fourth-order valence-corrected chi connectivity index (χ4v) is 5.02. The molecule has 1 fully saturated rings. The monoisotopic (exact) mass is 562 g/mol. The van der Waals surface area contributed by atoms with Crippen molar-refractivity contribution >= 4 is 11.8 Å². The predicted molar refractivity (Wildman–Crippen MR) is 150 cm³/mol. The first kappa shape index (κ1) is 29.8. The van der Waals surface area contributed by atoms with Crippen LogP contribution in [0.1, 0.15) is 49.4 Å². The van der Waals surface area contributed by atoms with Gasteiger partial charge < -0.3 is 11.1 Å². The summed E-state index contributed by atoms with van der Waals surface area (Å²) in [5.74, 6) is -1.50. The Kier molecular flexibility index (Phi) is 8.83. The van der Waals surface area contributed by atoms with Gasteiger partial charge in [-0.3, -0.25) is 14.9 Å². The molecule has 41 heavy (non-hydrogen) atoms. The molecule has 214 valence electrons. The van der Waals surface area contributed by atoms with Crippen LogP contribution in [0.15, 0.2) is 78.9 Å². The summed E-state index contributed by atoms with van der Waals surface area (Å²) < 4.78 is 42.8. The second-order valence-corrected chi connectivity index (χ2v) is 10.9. The lowest BCUT2D eigenvalue weighted by Gasteiger charge is -2.30. The number of primary amides is 1. The Morgan fingerprint density at radius 1 is 0.951 bits per heavy atom. The minimum atomic E-state index is -4.68. The number of amides is 2. The van der Waals surface area contributed by atoms with Gasteiger partial charge in [0.1, 0.15) is 12.1 Å². The molecule has 1 saturated carbocycles. The van der Waals surface area contributed by atoms with Gasteiger partial charge in [-0.1, -0.05) is 92.7 Å². The minimum Gasteiger partial charge on any atom is -0.369 e. The number of rotatable bonds is 11. The van der Waals surface area contributed by atoms with Crippen molar-refractivity contribution in [2.45, 2.75) is 62.8 Å². The fraction of sp³-hybridized carbons (Fsp3) is 0.344. The van der Waals surface area contributed by atoms with Crippen LogP contribution in [0.3, 0.4) is 0 Å². The number of nitriles is 1. The van der Waals surface area contributed by atoms with Gasteiger partial charge in [0.05, 0.1) is 17.5 Å². The average molecular weight is 563 g/mol. The molecule has 0 aromatic heterocycles. The predicted octanol–water partition coefficient (Wildman–Crippen LogP) is 5.34. The van der Waals surface area contributed by atoms with Crippen LogP contribution >= 0.6 is 0 Å². The van der Waals surface area contributed by atoms with Crippen LogP contribution in [0.4, 0.5) is 13.2 Å². The van der Waals surface area contributed by atoms with Crippen molar-refractivity contribution in [3.63, 3.8) is 0 Å². The van der Waals surface area contributed by atoms with Crippen molar-refractivity contribution in [1.82, 2.24) is 10.6 Å². The Morgan fingerprint density at radius 2 is 1.51 bits per heavy atom. The summed E-state index contributed by atoms with van der Waals surface area (Å²) in [6, 6.07) is 20.2. The molecule has 0 bridgehead atoms. The molecule has 0 aliphatic heterocycles. The number of hydrogen-bond donors (Lipinski definition) is 3. The summed E-state index contributed by atoms with van der Waals surface area (Å²) >= 11 is 0. The first-order valence-electron chi connectivity index (χ1n) is 13.5. The van der Waals surface area contributed by atoms with Crippen molar-refractivity contribution in [2.24, 2.45) is 11.7 Å². The third-order valence-electron chi connectivity index (χ3n) is 7.61. The van der Waals surface area contributed by atoms with E-state index in [1.807, 2.05) is 60.7 Å². The molecule has 0 heterocycles. The third-order valence-corrected chi connectivity index (χ3v) is 7.61. The number of nitrogens with one attached hydrogen (secondary N) is 2. The van der Waals surface area contributed by atoms with Crippen LogP contribution in [0.25, 0.3) is 11.1 Å². The number of nitrogens with two attached hydrogens (primary N) is 1. The van der Waals surface area contributed by atoms with E-state index in [4.69, 9.17) is 5.73 Å². The highest BCUT2D eigenvalue weighted by molar-refractivity contribution is 5.90. The van der Waals surface area contributed by atoms with Crippen molar-refractivity contribution in [1.29, 1.82) is 5.26 Å². The first-order valence-corrected chi connectivity index (χ1v) is 13.5. The number of carbonyl (C=O) groups is 2. The standard InChI is InChI=1S/C32H33F3N4O2/c1-20(2)27(29(40)38-26(19-36)18-21-6-4-3-5-7-21)39-28(32(33,34)35)24-10-8-22(9-11-24)23-12-14-25(15-13-23)31(16-17-31)30(37)41/h3-15,20,26-28,39H,16-18H2,1-2H3,(H2,37,41)(H,38,40)/t26-,27-,28-/m0/s1. The topological polar surface area (TPSA) is 108 Å². The van der Waals surface area contributed by atoms with Gasteiger partial charge >= 0.3 is 6.18 Å². The molecule has 3 atom stereocenters. The summed E-state index contributed by atoms with van der Waals surface area (Å²) in [6.07, 6.45) is -3.02. The number of hydrogen-bond acceptors (Lipinski definition) is 4. The zero-order valence-electron chi connectivity index (χ0n) is 22.9. The summed E-state index contributed by atoms with van der Waals surface area (Å²) in [6.45, 7) is 3.31. The van der Waals surface area contributed by atoms with Gasteiger partial charge in [0.2, 0.25) is 11.8 Å². The maximum atomic E-state index is 14.3. The highest BCUT2D eigenvalue weighted by Gasteiger charge is 2.50. The Morgan fingerprint density at radius 3 is 1.98 bits per heavy atom. The molecule has 2 amide bonds. The van der Waals surface area contributed by atoms with E-state index in [0.717, 1.165) is 16.7 Å². The lowest BCUT2D eigenvalue weighted by atomic mass is 9.92. The smallest absolute Gasteiger partial charge is 0.369 e. The Labute approximate surface area is 237 Å². The number of alkyl halides is 3. The second kappa shape index (κ2) is 12.1. The van der Waals surface area contributed by atoms with Crippen molar-refractivity contribution in [2.75, 3.05) is 0 Å². The van der Waals surface area contributed by atoms with Crippen LogP contribution in [0, 0.1) is 17.2 Å². The lowest BCUT2D eigenvalue weighted by molar-refractivity contribution is -0.161. The molecule has 9 heteroatoms. The first-order chi connectivity index (χ1) is 19.4.